The van der Waals surface area contributed by atoms with Crippen LogP contribution in [0.15, 0.2) is 46.8 Å². The van der Waals surface area contributed by atoms with Crippen LogP contribution in [0.3, 0.4) is 0 Å². The van der Waals surface area contributed by atoms with E-state index >= 15 is 0 Å². The Kier molecular flexibility index (Phi) is 9.34. The van der Waals surface area contributed by atoms with Crippen molar-refractivity contribution in [1.29, 1.82) is 0 Å². The molecule has 6 nitrogen and oxygen atoms in total. The lowest BCUT2D eigenvalue weighted by Crippen LogP contribution is -2.41. The lowest BCUT2D eigenvalue weighted by Gasteiger charge is -2.13. The van der Waals surface area contributed by atoms with Crippen LogP contribution in [-0.4, -0.2) is 45.2 Å². The third kappa shape index (κ3) is 7.60. The van der Waals surface area contributed by atoms with Crippen LogP contribution in [0.5, 0.6) is 5.75 Å². The molecule has 0 bridgehead atoms. The number of carbonyl (C=O) groups is 1. The number of methoxy groups -OCH3 is 1. The number of nitrogens with zero attached hydrogens (tertiary/aromatic N) is 1. The van der Waals surface area contributed by atoms with Crippen molar-refractivity contribution in [2.45, 2.75) is 20.3 Å². The normalized spacial score (nSPS) is 12.3. The maximum absolute atomic E-state index is 12.2. The van der Waals surface area contributed by atoms with E-state index in [9.17, 15) is 4.79 Å². The average molecular weight is 403 g/mol. The first-order chi connectivity index (χ1) is 13.6. The number of aliphatic imine (C=N–C) groups is 1. The van der Waals surface area contributed by atoms with Crippen LogP contribution in [0.2, 0.25) is 0 Å². The van der Waals surface area contributed by atoms with Gasteiger partial charge in [0.25, 0.3) is 5.91 Å². The van der Waals surface area contributed by atoms with Gasteiger partial charge >= 0.3 is 0 Å². The number of carbonyl (C=O) groups excluding carboxylic acids is 1. The number of hydrogen-bond donors (Lipinski definition) is 3. The first kappa shape index (κ1) is 21.8. The van der Waals surface area contributed by atoms with E-state index in [4.69, 9.17) is 4.74 Å². The summed E-state index contributed by atoms with van der Waals surface area (Å²) in [6, 6.07) is 11.4. The van der Waals surface area contributed by atoms with Crippen LogP contribution >= 0.6 is 11.3 Å². The van der Waals surface area contributed by atoms with Crippen LogP contribution in [0.1, 0.15) is 29.1 Å². The van der Waals surface area contributed by atoms with E-state index in [1.807, 2.05) is 13.0 Å². The molecule has 0 spiro atoms. The smallest absolute Gasteiger partial charge is 0.251 e. The van der Waals surface area contributed by atoms with Crippen molar-refractivity contribution in [2.24, 2.45) is 10.9 Å². The number of amides is 1. The Morgan fingerprint density at radius 2 is 2.00 bits per heavy atom. The van der Waals surface area contributed by atoms with Crippen molar-refractivity contribution >= 4 is 23.2 Å². The zero-order valence-corrected chi connectivity index (χ0v) is 17.6. The summed E-state index contributed by atoms with van der Waals surface area (Å²) in [4.78, 5) is 18.3. The lowest BCUT2D eigenvalue weighted by molar-refractivity contribution is 0.0954. The summed E-state index contributed by atoms with van der Waals surface area (Å²) in [7, 11) is 1.59. The number of guanidine groups is 1. The highest BCUT2D eigenvalue weighted by Gasteiger charge is 2.07. The average Bonchev–Trinajstić information content (AvgIpc) is 3.22. The molecule has 152 valence electrons. The number of benzene rings is 1. The van der Waals surface area contributed by atoms with Crippen LogP contribution in [0.4, 0.5) is 0 Å². The molecule has 0 fully saturated rings. The molecule has 1 aromatic heterocycles. The van der Waals surface area contributed by atoms with Gasteiger partial charge < -0.3 is 20.7 Å². The van der Waals surface area contributed by atoms with Gasteiger partial charge in [-0.15, -0.1) is 11.3 Å². The first-order valence-electron chi connectivity index (χ1n) is 9.59. The lowest BCUT2D eigenvalue weighted by atomic mass is 10.1. The van der Waals surface area contributed by atoms with Crippen molar-refractivity contribution in [2.75, 3.05) is 33.3 Å². The van der Waals surface area contributed by atoms with Gasteiger partial charge in [0.2, 0.25) is 0 Å². The Morgan fingerprint density at radius 1 is 1.18 bits per heavy atom. The van der Waals surface area contributed by atoms with E-state index in [1.54, 1.807) is 36.6 Å². The van der Waals surface area contributed by atoms with Crippen molar-refractivity contribution in [3.8, 4) is 5.75 Å². The maximum Gasteiger partial charge on any atom is 0.251 e. The molecule has 1 aromatic carbocycles. The van der Waals surface area contributed by atoms with Crippen LogP contribution in [0, 0.1) is 5.92 Å². The fraction of sp³-hybridized carbons (Fsp3) is 0.429. The Hall–Kier alpha value is -2.54. The Balaban J connectivity index is 1.75. The van der Waals surface area contributed by atoms with Gasteiger partial charge in [0, 0.05) is 36.6 Å². The van der Waals surface area contributed by atoms with E-state index in [1.165, 1.54) is 4.88 Å². The van der Waals surface area contributed by atoms with E-state index in [2.05, 4.69) is 45.4 Å². The van der Waals surface area contributed by atoms with Gasteiger partial charge in [-0.3, -0.25) is 9.79 Å². The minimum Gasteiger partial charge on any atom is -0.497 e. The number of ether oxygens (including phenoxy) is 1. The van der Waals surface area contributed by atoms with Crippen LogP contribution in [-0.2, 0) is 6.42 Å². The summed E-state index contributed by atoms with van der Waals surface area (Å²) >= 11 is 1.79. The summed E-state index contributed by atoms with van der Waals surface area (Å²) in [6.07, 6.45) is 1.04. The molecule has 1 atom stereocenters. The Bertz CT molecular complexity index is 747. The molecule has 0 aliphatic heterocycles. The van der Waals surface area contributed by atoms with Gasteiger partial charge in [-0.2, -0.15) is 0 Å². The fourth-order valence-electron chi connectivity index (χ4n) is 2.65. The molecule has 1 amide bonds. The molecule has 0 aliphatic rings. The molecular formula is C21H30N4O2S. The van der Waals surface area contributed by atoms with E-state index in [-0.39, 0.29) is 5.91 Å². The fourth-order valence-corrected chi connectivity index (χ4v) is 3.52. The topological polar surface area (TPSA) is 74.8 Å². The standard InChI is InChI=1S/C21H30N4O2S/c1-4-22-21(25-15-16(2)13-19-9-6-12-28-19)24-11-10-23-20(26)17-7-5-8-18(14-17)27-3/h5-9,12,14,16H,4,10-11,13,15H2,1-3H3,(H,23,26)(H2,22,24,25). The quantitative estimate of drug-likeness (QED) is 0.325. The van der Waals surface area contributed by atoms with Crippen LogP contribution < -0.4 is 20.7 Å². The molecule has 0 saturated carbocycles. The monoisotopic (exact) mass is 402 g/mol. The SMILES string of the molecule is CCNC(=NCC(C)Cc1cccs1)NCCNC(=O)c1cccc(OC)c1. The summed E-state index contributed by atoms with van der Waals surface area (Å²) in [5.41, 5.74) is 0.585. The predicted octanol–water partition coefficient (Wildman–Crippen LogP) is 2.92. The summed E-state index contributed by atoms with van der Waals surface area (Å²) < 4.78 is 5.15. The minimum absolute atomic E-state index is 0.118. The van der Waals surface area contributed by atoms with Gasteiger partial charge in [-0.25, -0.2) is 0 Å². The van der Waals surface area contributed by atoms with Gasteiger partial charge in [0.15, 0.2) is 5.96 Å². The Labute approximate surface area is 171 Å². The zero-order chi connectivity index (χ0) is 20.2. The number of thiophene rings is 1. The second kappa shape index (κ2) is 12.0. The van der Waals surface area contributed by atoms with Crippen molar-refractivity contribution in [1.82, 2.24) is 16.0 Å². The molecule has 0 saturated heterocycles. The summed E-state index contributed by atoms with van der Waals surface area (Å²) in [5.74, 6) is 1.80. The maximum atomic E-state index is 12.2. The number of rotatable bonds is 10. The third-order valence-corrected chi connectivity index (χ3v) is 4.97. The summed E-state index contributed by atoms with van der Waals surface area (Å²) in [5, 5.41) is 11.5. The molecule has 7 heteroatoms. The first-order valence-corrected chi connectivity index (χ1v) is 10.5. The van der Waals surface area contributed by atoms with Gasteiger partial charge in [-0.05, 0) is 48.9 Å². The van der Waals surface area contributed by atoms with Crippen molar-refractivity contribution in [3.63, 3.8) is 0 Å². The minimum atomic E-state index is -0.118. The zero-order valence-electron chi connectivity index (χ0n) is 16.8. The van der Waals surface area contributed by atoms with Gasteiger partial charge in [0.05, 0.1) is 7.11 Å². The van der Waals surface area contributed by atoms with Crippen LogP contribution in [0.25, 0.3) is 0 Å². The third-order valence-electron chi connectivity index (χ3n) is 4.07. The van der Waals surface area contributed by atoms with E-state index in [0.29, 0.717) is 30.3 Å². The molecule has 2 rings (SSSR count). The second-order valence-electron chi connectivity index (χ2n) is 6.52. The van der Waals surface area contributed by atoms with Crippen molar-refractivity contribution in [3.05, 3.63) is 52.2 Å². The summed E-state index contributed by atoms with van der Waals surface area (Å²) in [6.45, 7) is 6.90. The molecule has 2 aromatic rings. The molecule has 28 heavy (non-hydrogen) atoms. The molecular weight excluding hydrogens is 372 g/mol. The highest BCUT2D eigenvalue weighted by molar-refractivity contribution is 7.09. The molecule has 3 N–H and O–H groups in total. The van der Waals surface area contributed by atoms with Gasteiger partial charge in [-0.1, -0.05) is 19.1 Å². The molecule has 0 radical (unpaired) electrons. The number of hydrogen-bond acceptors (Lipinski definition) is 4. The highest BCUT2D eigenvalue weighted by Crippen LogP contribution is 2.14. The second-order valence-corrected chi connectivity index (χ2v) is 7.56. The van der Waals surface area contributed by atoms with E-state index < -0.39 is 0 Å². The van der Waals surface area contributed by atoms with Crippen molar-refractivity contribution < 1.29 is 9.53 Å². The van der Waals surface area contributed by atoms with E-state index in [0.717, 1.165) is 25.5 Å². The predicted molar refractivity (Wildman–Crippen MR) is 116 cm³/mol. The molecule has 1 heterocycles. The Morgan fingerprint density at radius 3 is 2.71 bits per heavy atom. The molecule has 0 aliphatic carbocycles. The van der Waals surface area contributed by atoms with Gasteiger partial charge in [0.1, 0.15) is 5.75 Å². The number of nitrogens with one attached hydrogen (secondary N) is 3. The highest BCUT2D eigenvalue weighted by atomic mass is 32.1. The molecule has 1 unspecified atom stereocenters. The largest absolute Gasteiger partial charge is 0.497 e.